The highest BCUT2D eigenvalue weighted by Gasteiger charge is 2.57. The first kappa shape index (κ1) is 13.9. The topological polar surface area (TPSA) is 29.5 Å². The van der Waals surface area contributed by atoms with Gasteiger partial charge in [0.1, 0.15) is 5.75 Å². The van der Waals surface area contributed by atoms with E-state index in [4.69, 9.17) is 4.74 Å². The summed E-state index contributed by atoms with van der Waals surface area (Å²) in [6.45, 7) is 0. The van der Waals surface area contributed by atoms with Gasteiger partial charge in [0, 0.05) is 10.4 Å². The molecule has 0 fully saturated rings. The maximum atomic E-state index is 13.3. The first-order valence-corrected chi connectivity index (χ1v) is 6.25. The third-order valence-electron chi connectivity index (χ3n) is 2.78. The lowest BCUT2D eigenvalue weighted by atomic mass is 9.91. The molecule has 1 aromatic heterocycles. The van der Waals surface area contributed by atoms with Crippen LogP contribution in [0.25, 0.3) is 0 Å². The Hall–Kier alpha value is -1.53. The van der Waals surface area contributed by atoms with Gasteiger partial charge in [0.2, 0.25) is 5.60 Å². The molecule has 2 aromatic rings. The van der Waals surface area contributed by atoms with Crippen molar-refractivity contribution in [1.82, 2.24) is 0 Å². The van der Waals surface area contributed by atoms with Crippen LogP contribution < -0.4 is 4.74 Å². The van der Waals surface area contributed by atoms with Gasteiger partial charge in [-0.2, -0.15) is 13.2 Å². The highest BCUT2D eigenvalue weighted by molar-refractivity contribution is 7.10. The molecule has 0 aliphatic rings. The lowest BCUT2D eigenvalue weighted by molar-refractivity contribution is -0.247. The van der Waals surface area contributed by atoms with E-state index in [0.717, 1.165) is 11.3 Å². The maximum Gasteiger partial charge on any atom is 0.426 e. The predicted molar refractivity (Wildman–Crippen MR) is 66.4 cm³/mol. The summed E-state index contributed by atoms with van der Waals surface area (Å²) in [6, 6.07) is 8.09. The number of ether oxygens (including phenoxy) is 1. The summed E-state index contributed by atoms with van der Waals surface area (Å²) in [5.41, 5.74) is -3.28. The predicted octanol–water partition coefficient (Wildman–Crippen LogP) is 3.55. The highest BCUT2D eigenvalue weighted by atomic mass is 32.1. The lowest BCUT2D eigenvalue weighted by Crippen LogP contribution is -2.42. The van der Waals surface area contributed by atoms with Crippen LogP contribution in [0.2, 0.25) is 0 Å². The zero-order chi connectivity index (χ0) is 14.1. The monoisotopic (exact) mass is 288 g/mol. The fourth-order valence-corrected chi connectivity index (χ4v) is 2.64. The molecule has 2 nitrogen and oxygen atoms in total. The van der Waals surface area contributed by atoms with Crippen LogP contribution in [0, 0.1) is 0 Å². The minimum atomic E-state index is -4.82. The van der Waals surface area contributed by atoms with Gasteiger partial charge in [-0.15, -0.1) is 11.3 Å². The Balaban J connectivity index is 2.62. The summed E-state index contributed by atoms with van der Waals surface area (Å²) >= 11 is 0.854. The molecule has 0 saturated heterocycles. The van der Waals surface area contributed by atoms with E-state index in [2.05, 4.69) is 0 Å². The van der Waals surface area contributed by atoms with Crippen LogP contribution in [0.3, 0.4) is 0 Å². The van der Waals surface area contributed by atoms with Crippen molar-refractivity contribution in [2.75, 3.05) is 7.11 Å². The van der Waals surface area contributed by atoms with Crippen LogP contribution in [-0.2, 0) is 5.60 Å². The second kappa shape index (κ2) is 4.86. The second-order valence-corrected chi connectivity index (χ2v) is 4.87. The van der Waals surface area contributed by atoms with Crippen LogP contribution in [0.4, 0.5) is 13.2 Å². The Bertz CT molecular complexity index is 551. The second-order valence-electron chi connectivity index (χ2n) is 3.92. The number of halogens is 3. The van der Waals surface area contributed by atoms with Crippen molar-refractivity contribution in [2.24, 2.45) is 0 Å². The summed E-state index contributed by atoms with van der Waals surface area (Å²) in [7, 11) is 1.36. The van der Waals surface area contributed by atoms with Gasteiger partial charge >= 0.3 is 6.18 Å². The third-order valence-corrected chi connectivity index (χ3v) is 3.75. The molecule has 1 atom stereocenters. The summed E-state index contributed by atoms with van der Waals surface area (Å²) in [5.74, 6) is 0.261. The van der Waals surface area contributed by atoms with Gasteiger partial charge in [-0.1, -0.05) is 18.2 Å². The van der Waals surface area contributed by atoms with E-state index in [9.17, 15) is 18.3 Å². The van der Waals surface area contributed by atoms with Crippen molar-refractivity contribution in [2.45, 2.75) is 11.8 Å². The number of methoxy groups -OCH3 is 1. The summed E-state index contributed by atoms with van der Waals surface area (Å²) in [4.78, 5) is -0.173. The third kappa shape index (κ3) is 2.33. The van der Waals surface area contributed by atoms with Crippen LogP contribution in [-0.4, -0.2) is 18.4 Å². The first-order chi connectivity index (χ1) is 8.89. The number of thiophene rings is 1. The van der Waals surface area contributed by atoms with Crippen LogP contribution in [0.15, 0.2) is 41.8 Å². The van der Waals surface area contributed by atoms with E-state index in [1.807, 2.05) is 0 Å². The number of aliphatic hydroxyl groups is 1. The normalized spacial score (nSPS) is 15.0. The Morgan fingerprint density at radius 3 is 2.42 bits per heavy atom. The van der Waals surface area contributed by atoms with Crippen molar-refractivity contribution in [3.05, 3.63) is 52.2 Å². The summed E-state index contributed by atoms with van der Waals surface area (Å²) in [6.07, 6.45) is -4.82. The van der Waals surface area contributed by atoms with Gasteiger partial charge in [0.25, 0.3) is 0 Å². The minimum absolute atomic E-state index is 0.173. The quantitative estimate of drug-likeness (QED) is 0.936. The molecule has 0 bridgehead atoms. The molecule has 0 aliphatic carbocycles. The Morgan fingerprint density at radius 2 is 1.89 bits per heavy atom. The molecule has 6 heteroatoms. The van der Waals surface area contributed by atoms with Gasteiger partial charge in [0.15, 0.2) is 0 Å². The molecular formula is C13H11F3O2S. The highest BCUT2D eigenvalue weighted by Crippen LogP contribution is 2.46. The molecular weight excluding hydrogens is 277 g/mol. The van der Waals surface area contributed by atoms with E-state index < -0.39 is 11.8 Å². The first-order valence-electron chi connectivity index (χ1n) is 5.37. The van der Waals surface area contributed by atoms with Crippen molar-refractivity contribution in [3.8, 4) is 5.75 Å². The number of hydrogen-bond donors (Lipinski definition) is 1. The van der Waals surface area contributed by atoms with E-state index >= 15 is 0 Å². The largest absolute Gasteiger partial charge is 0.497 e. The van der Waals surface area contributed by atoms with Crippen LogP contribution in [0.5, 0.6) is 5.75 Å². The summed E-state index contributed by atoms with van der Waals surface area (Å²) in [5, 5.41) is 11.7. The molecule has 1 N–H and O–H groups in total. The number of rotatable bonds is 3. The molecule has 1 heterocycles. The Labute approximate surface area is 112 Å². The summed E-state index contributed by atoms with van der Waals surface area (Å²) < 4.78 is 44.8. The molecule has 0 radical (unpaired) electrons. The molecule has 0 aliphatic heterocycles. The van der Waals surface area contributed by atoms with Gasteiger partial charge in [-0.05, 0) is 23.6 Å². The van der Waals surface area contributed by atoms with E-state index in [0.29, 0.717) is 0 Å². The van der Waals surface area contributed by atoms with Crippen molar-refractivity contribution < 1.29 is 23.0 Å². The van der Waals surface area contributed by atoms with Crippen molar-refractivity contribution in [1.29, 1.82) is 0 Å². The molecule has 0 amide bonds. The molecule has 0 saturated carbocycles. The fraction of sp³-hybridized carbons (Fsp3) is 0.231. The van der Waals surface area contributed by atoms with Crippen LogP contribution >= 0.6 is 11.3 Å². The zero-order valence-corrected chi connectivity index (χ0v) is 10.8. The minimum Gasteiger partial charge on any atom is -0.497 e. The van der Waals surface area contributed by atoms with Gasteiger partial charge in [-0.3, -0.25) is 0 Å². The SMILES string of the molecule is COc1cccc(C(O)(c2cccs2)C(F)(F)F)c1. The van der Waals surface area contributed by atoms with E-state index in [1.165, 1.54) is 48.9 Å². The van der Waals surface area contributed by atoms with E-state index in [-0.39, 0.29) is 16.2 Å². The number of hydrogen-bond acceptors (Lipinski definition) is 3. The fourth-order valence-electron chi connectivity index (χ4n) is 1.78. The van der Waals surface area contributed by atoms with Gasteiger partial charge in [-0.25, -0.2) is 0 Å². The Kier molecular flexibility index (Phi) is 3.56. The lowest BCUT2D eigenvalue weighted by Gasteiger charge is -2.30. The van der Waals surface area contributed by atoms with Crippen molar-refractivity contribution in [3.63, 3.8) is 0 Å². The van der Waals surface area contributed by atoms with Crippen LogP contribution in [0.1, 0.15) is 10.4 Å². The molecule has 1 unspecified atom stereocenters. The standard InChI is InChI=1S/C13H11F3O2S/c1-18-10-5-2-4-9(8-10)12(17,13(14,15)16)11-6-3-7-19-11/h2-8,17H,1H3. The van der Waals surface area contributed by atoms with Crippen molar-refractivity contribution >= 4 is 11.3 Å². The molecule has 1 aromatic carbocycles. The number of benzene rings is 1. The smallest absolute Gasteiger partial charge is 0.426 e. The van der Waals surface area contributed by atoms with E-state index in [1.54, 1.807) is 0 Å². The average molecular weight is 288 g/mol. The average Bonchev–Trinajstić information content (AvgIpc) is 2.90. The molecule has 2 rings (SSSR count). The zero-order valence-electron chi connectivity index (χ0n) is 9.94. The molecule has 0 spiro atoms. The van der Waals surface area contributed by atoms with Gasteiger partial charge < -0.3 is 9.84 Å². The molecule has 19 heavy (non-hydrogen) atoms. The Morgan fingerprint density at radius 1 is 1.16 bits per heavy atom. The number of alkyl halides is 3. The van der Waals surface area contributed by atoms with Gasteiger partial charge in [0.05, 0.1) is 7.11 Å². The molecule has 102 valence electrons. The maximum absolute atomic E-state index is 13.3.